The maximum Gasteiger partial charge on any atom is 0.274 e. The fraction of sp³-hybridized carbons (Fsp3) is 0.235. The molecule has 0 unspecified atom stereocenters. The molecule has 5 nitrogen and oxygen atoms in total. The highest BCUT2D eigenvalue weighted by Gasteiger charge is 2.15. The standard InChI is InChI=1S/C17H19N3O2/c1-3-12(2)19-16(21)13-8-4-5-9-14(13)20-17(22)15-10-6-7-11-18-15/h4-12H,3H2,1-2H3,(H,19,21)(H,20,22)/t12-/m1/s1. The number of benzene rings is 1. The van der Waals surface area contributed by atoms with Crippen LogP contribution in [-0.4, -0.2) is 22.8 Å². The van der Waals surface area contributed by atoms with Gasteiger partial charge in [0.2, 0.25) is 0 Å². The molecule has 0 spiro atoms. The predicted octanol–water partition coefficient (Wildman–Crippen LogP) is 2.86. The number of anilines is 1. The lowest BCUT2D eigenvalue weighted by atomic mass is 10.1. The number of rotatable bonds is 5. The Hall–Kier alpha value is -2.69. The molecule has 2 aromatic rings. The van der Waals surface area contributed by atoms with Gasteiger partial charge in [-0.3, -0.25) is 14.6 Å². The summed E-state index contributed by atoms with van der Waals surface area (Å²) in [7, 11) is 0. The van der Waals surface area contributed by atoms with Gasteiger partial charge in [0, 0.05) is 12.2 Å². The number of para-hydroxylation sites is 1. The molecule has 0 saturated carbocycles. The highest BCUT2D eigenvalue weighted by molar-refractivity contribution is 6.08. The molecule has 2 amide bonds. The quantitative estimate of drug-likeness (QED) is 0.891. The molecular weight excluding hydrogens is 278 g/mol. The van der Waals surface area contributed by atoms with Crippen molar-refractivity contribution in [1.29, 1.82) is 0 Å². The molecule has 0 aliphatic rings. The Bertz CT molecular complexity index is 656. The fourth-order valence-corrected chi connectivity index (χ4v) is 1.88. The van der Waals surface area contributed by atoms with E-state index in [0.717, 1.165) is 6.42 Å². The molecule has 0 aliphatic carbocycles. The van der Waals surface area contributed by atoms with E-state index in [1.807, 2.05) is 13.8 Å². The lowest BCUT2D eigenvalue weighted by molar-refractivity contribution is 0.0940. The van der Waals surface area contributed by atoms with Crippen molar-refractivity contribution in [1.82, 2.24) is 10.3 Å². The van der Waals surface area contributed by atoms with E-state index in [1.165, 1.54) is 0 Å². The third kappa shape index (κ3) is 3.91. The Balaban J connectivity index is 2.18. The van der Waals surface area contributed by atoms with Crippen molar-refractivity contribution in [2.75, 3.05) is 5.32 Å². The average Bonchev–Trinajstić information content (AvgIpc) is 2.55. The largest absolute Gasteiger partial charge is 0.350 e. The summed E-state index contributed by atoms with van der Waals surface area (Å²) < 4.78 is 0. The van der Waals surface area contributed by atoms with E-state index in [-0.39, 0.29) is 17.9 Å². The van der Waals surface area contributed by atoms with Crippen molar-refractivity contribution in [3.05, 3.63) is 59.9 Å². The van der Waals surface area contributed by atoms with Gasteiger partial charge in [-0.1, -0.05) is 25.1 Å². The minimum Gasteiger partial charge on any atom is -0.350 e. The molecule has 22 heavy (non-hydrogen) atoms. The zero-order chi connectivity index (χ0) is 15.9. The minimum absolute atomic E-state index is 0.0760. The summed E-state index contributed by atoms with van der Waals surface area (Å²) in [6, 6.07) is 12.1. The smallest absolute Gasteiger partial charge is 0.274 e. The molecule has 1 heterocycles. The van der Waals surface area contributed by atoms with E-state index in [2.05, 4.69) is 15.6 Å². The zero-order valence-electron chi connectivity index (χ0n) is 12.7. The number of nitrogens with zero attached hydrogens (tertiary/aromatic N) is 1. The van der Waals surface area contributed by atoms with E-state index < -0.39 is 0 Å². The van der Waals surface area contributed by atoms with E-state index in [9.17, 15) is 9.59 Å². The summed E-state index contributed by atoms with van der Waals surface area (Å²) in [5.74, 6) is -0.546. The van der Waals surface area contributed by atoms with Crippen LogP contribution in [0.4, 0.5) is 5.69 Å². The summed E-state index contributed by atoms with van der Waals surface area (Å²) in [6.07, 6.45) is 2.39. The SMILES string of the molecule is CC[C@@H](C)NC(=O)c1ccccc1NC(=O)c1ccccn1. The predicted molar refractivity (Wildman–Crippen MR) is 85.9 cm³/mol. The van der Waals surface area contributed by atoms with Crippen LogP contribution in [0.3, 0.4) is 0 Å². The molecule has 1 aromatic heterocycles. The Morgan fingerprint density at radius 1 is 1.09 bits per heavy atom. The van der Waals surface area contributed by atoms with Gasteiger partial charge in [-0.15, -0.1) is 0 Å². The number of aromatic nitrogens is 1. The van der Waals surface area contributed by atoms with Gasteiger partial charge < -0.3 is 10.6 Å². The van der Waals surface area contributed by atoms with Crippen LogP contribution in [0.1, 0.15) is 41.1 Å². The van der Waals surface area contributed by atoms with Crippen LogP contribution < -0.4 is 10.6 Å². The lowest BCUT2D eigenvalue weighted by Crippen LogP contribution is -2.32. The Labute approximate surface area is 129 Å². The number of hydrogen-bond acceptors (Lipinski definition) is 3. The molecule has 5 heteroatoms. The number of amides is 2. The zero-order valence-corrected chi connectivity index (χ0v) is 12.7. The maximum atomic E-state index is 12.3. The highest BCUT2D eigenvalue weighted by Crippen LogP contribution is 2.16. The second-order valence-electron chi connectivity index (χ2n) is 5.00. The van der Waals surface area contributed by atoms with E-state index >= 15 is 0 Å². The van der Waals surface area contributed by atoms with Crippen LogP contribution in [-0.2, 0) is 0 Å². The first-order chi connectivity index (χ1) is 10.6. The Kier molecular flexibility index (Phi) is 5.25. The third-order valence-corrected chi connectivity index (χ3v) is 3.31. The number of hydrogen-bond donors (Lipinski definition) is 2. The molecule has 2 rings (SSSR count). The lowest BCUT2D eigenvalue weighted by Gasteiger charge is -2.14. The van der Waals surface area contributed by atoms with Gasteiger partial charge in [0.15, 0.2) is 0 Å². The fourth-order valence-electron chi connectivity index (χ4n) is 1.88. The monoisotopic (exact) mass is 297 g/mol. The summed E-state index contributed by atoms with van der Waals surface area (Å²) in [5, 5.41) is 5.63. The first-order valence-electron chi connectivity index (χ1n) is 7.24. The highest BCUT2D eigenvalue weighted by atomic mass is 16.2. The van der Waals surface area contributed by atoms with Crippen molar-refractivity contribution < 1.29 is 9.59 Å². The van der Waals surface area contributed by atoms with E-state index in [1.54, 1.807) is 48.7 Å². The molecule has 0 fully saturated rings. The second kappa shape index (κ2) is 7.36. The van der Waals surface area contributed by atoms with Crippen LogP contribution in [0, 0.1) is 0 Å². The summed E-state index contributed by atoms with van der Waals surface area (Å²) >= 11 is 0. The van der Waals surface area contributed by atoms with Crippen LogP contribution in [0.15, 0.2) is 48.7 Å². The molecule has 0 radical (unpaired) electrons. The van der Waals surface area contributed by atoms with Crippen molar-refractivity contribution in [3.63, 3.8) is 0 Å². The molecule has 1 aromatic carbocycles. The van der Waals surface area contributed by atoms with Crippen LogP contribution in [0.25, 0.3) is 0 Å². The van der Waals surface area contributed by atoms with Gasteiger partial charge in [0.1, 0.15) is 5.69 Å². The second-order valence-corrected chi connectivity index (χ2v) is 5.00. The van der Waals surface area contributed by atoms with Gasteiger partial charge in [-0.05, 0) is 37.6 Å². The van der Waals surface area contributed by atoms with Crippen LogP contribution >= 0.6 is 0 Å². The van der Waals surface area contributed by atoms with Crippen LogP contribution in [0.5, 0.6) is 0 Å². The molecule has 0 bridgehead atoms. The summed E-state index contributed by atoms with van der Waals surface area (Å²) in [5.41, 5.74) is 1.21. The van der Waals surface area contributed by atoms with Gasteiger partial charge in [-0.2, -0.15) is 0 Å². The van der Waals surface area contributed by atoms with Gasteiger partial charge in [-0.25, -0.2) is 0 Å². The van der Waals surface area contributed by atoms with Crippen LogP contribution in [0.2, 0.25) is 0 Å². The number of carbonyl (C=O) groups excluding carboxylic acids is 2. The number of nitrogens with one attached hydrogen (secondary N) is 2. The minimum atomic E-state index is -0.343. The van der Waals surface area contributed by atoms with Crippen molar-refractivity contribution in [3.8, 4) is 0 Å². The topological polar surface area (TPSA) is 71.1 Å². The summed E-state index contributed by atoms with van der Waals surface area (Å²) in [4.78, 5) is 28.4. The molecule has 2 N–H and O–H groups in total. The Morgan fingerprint density at radius 2 is 1.82 bits per heavy atom. The van der Waals surface area contributed by atoms with Crippen molar-refractivity contribution >= 4 is 17.5 Å². The van der Waals surface area contributed by atoms with Crippen molar-refractivity contribution in [2.24, 2.45) is 0 Å². The van der Waals surface area contributed by atoms with Gasteiger partial charge in [0.05, 0.1) is 11.3 Å². The Morgan fingerprint density at radius 3 is 2.50 bits per heavy atom. The number of carbonyl (C=O) groups is 2. The van der Waals surface area contributed by atoms with Gasteiger partial charge >= 0.3 is 0 Å². The normalized spacial score (nSPS) is 11.5. The van der Waals surface area contributed by atoms with E-state index in [4.69, 9.17) is 0 Å². The number of pyridine rings is 1. The first-order valence-corrected chi connectivity index (χ1v) is 7.24. The van der Waals surface area contributed by atoms with Gasteiger partial charge in [0.25, 0.3) is 11.8 Å². The molecule has 114 valence electrons. The first kappa shape index (κ1) is 15.7. The molecule has 1 atom stereocenters. The molecular formula is C17H19N3O2. The molecule has 0 aliphatic heterocycles. The molecule has 0 saturated heterocycles. The maximum absolute atomic E-state index is 12.3. The third-order valence-electron chi connectivity index (χ3n) is 3.31. The average molecular weight is 297 g/mol. The van der Waals surface area contributed by atoms with Crippen molar-refractivity contribution in [2.45, 2.75) is 26.3 Å². The summed E-state index contributed by atoms with van der Waals surface area (Å²) in [6.45, 7) is 3.94. The van der Waals surface area contributed by atoms with E-state index in [0.29, 0.717) is 16.9 Å².